The number of ketones is 1. The van der Waals surface area contributed by atoms with Gasteiger partial charge >= 0.3 is 5.63 Å². The third kappa shape index (κ3) is 3.43. The first-order valence-electron chi connectivity index (χ1n) is 8.91. The molecule has 0 fully saturated rings. The fraction of sp³-hybridized carbons (Fsp3) is 0.130. The second kappa shape index (κ2) is 7.56. The van der Waals surface area contributed by atoms with Crippen molar-refractivity contribution in [2.45, 2.75) is 6.92 Å². The van der Waals surface area contributed by atoms with Crippen LogP contribution in [0.2, 0.25) is 0 Å². The van der Waals surface area contributed by atoms with Gasteiger partial charge in [-0.05, 0) is 35.6 Å². The molecule has 2 aromatic heterocycles. The lowest BCUT2D eigenvalue weighted by Crippen LogP contribution is -2.00. The molecule has 5 nitrogen and oxygen atoms in total. The lowest BCUT2D eigenvalue weighted by Gasteiger charge is -2.12. The topological polar surface area (TPSA) is 65.7 Å². The van der Waals surface area contributed by atoms with Gasteiger partial charge in [0.2, 0.25) is 0 Å². The van der Waals surface area contributed by atoms with Crippen LogP contribution in [0.15, 0.2) is 63.1 Å². The molecule has 4 rings (SSSR count). The minimum Gasteiger partial charge on any atom is -0.496 e. The number of benzene rings is 2. The van der Waals surface area contributed by atoms with Gasteiger partial charge in [0, 0.05) is 34.2 Å². The molecule has 6 heteroatoms. The fourth-order valence-electron chi connectivity index (χ4n) is 3.38. The summed E-state index contributed by atoms with van der Waals surface area (Å²) in [6.45, 7) is 1.56. The average molecular weight is 406 g/mol. The molecule has 2 heterocycles. The molecule has 0 saturated heterocycles. The van der Waals surface area contributed by atoms with Gasteiger partial charge in [-0.3, -0.25) is 4.79 Å². The van der Waals surface area contributed by atoms with Crippen molar-refractivity contribution in [3.05, 3.63) is 69.9 Å². The van der Waals surface area contributed by atoms with Crippen LogP contribution in [0, 0.1) is 0 Å². The highest BCUT2D eigenvalue weighted by Crippen LogP contribution is 2.39. The van der Waals surface area contributed by atoms with E-state index in [4.69, 9.17) is 13.9 Å². The summed E-state index contributed by atoms with van der Waals surface area (Å²) in [6.07, 6.45) is 0. The Kier molecular flexibility index (Phi) is 4.94. The van der Waals surface area contributed by atoms with Crippen LogP contribution in [0.1, 0.15) is 17.3 Å². The normalized spacial score (nSPS) is 10.9. The van der Waals surface area contributed by atoms with E-state index in [1.807, 2.05) is 35.7 Å². The Bertz CT molecular complexity index is 1280. The van der Waals surface area contributed by atoms with Crippen LogP contribution in [-0.2, 0) is 0 Å². The quantitative estimate of drug-likeness (QED) is 0.328. The van der Waals surface area contributed by atoms with Crippen LogP contribution in [0.5, 0.6) is 11.5 Å². The number of hydrogen-bond donors (Lipinski definition) is 0. The molecule has 0 N–H and O–H groups in total. The zero-order chi connectivity index (χ0) is 20.5. The van der Waals surface area contributed by atoms with Crippen LogP contribution in [0.4, 0.5) is 0 Å². The van der Waals surface area contributed by atoms with Crippen LogP contribution in [0.25, 0.3) is 32.5 Å². The second-order valence-corrected chi connectivity index (χ2v) is 7.40. The largest absolute Gasteiger partial charge is 0.496 e. The van der Waals surface area contributed by atoms with E-state index in [-0.39, 0.29) is 5.78 Å². The first-order chi connectivity index (χ1) is 14.0. The summed E-state index contributed by atoms with van der Waals surface area (Å²) in [5.41, 5.74) is 3.04. The summed E-state index contributed by atoms with van der Waals surface area (Å²) < 4.78 is 16.2. The Hall–Kier alpha value is -3.38. The molecule has 0 saturated carbocycles. The number of fused-ring (bicyclic) bond motifs is 1. The molecular weight excluding hydrogens is 388 g/mol. The van der Waals surface area contributed by atoms with Crippen molar-refractivity contribution in [1.29, 1.82) is 0 Å². The Balaban J connectivity index is 1.97. The molecule has 0 amide bonds. The SMILES string of the molecule is COc1cc(OC)c2c(-c3cccc(-c4sccc4C(C)=O)c3)cc(=O)oc2c1. The van der Waals surface area contributed by atoms with E-state index in [2.05, 4.69) is 0 Å². The highest BCUT2D eigenvalue weighted by atomic mass is 32.1. The van der Waals surface area contributed by atoms with E-state index in [1.165, 1.54) is 17.4 Å². The van der Waals surface area contributed by atoms with E-state index < -0.39 is 5.63 Å². The molecule has 0 aliphatic rings. The first kappa shape index (κ1) is 19.0. The lowest BCUT2D eigenvalue weighted by atomic mass is 9.98. The second-order valence-electron chi connectivity index (χ2n) is 6.48. The molecule has 29 heavy (non-hydrogen) atoms. The van der Waals surface area contributed by atoms with Crippen LogP contribution < -0.4 is 15.1 Å². The zero-order valence-corrected chi connectivity index (χ0v) is 17.0. The van der Waals surface area contributed by atoms with E-state index in [1.54, 1.807) is 33.3 Å². The van der Waals surface area contributed by atoms with Crippen molar-refractivity contribution in [2.24, 2.45) is 0 Å². The predicted octanol–water partition coefficient (Wildman–Crippen LogP) is 5.41. The maximum atomic E-state index is 12.2. The Morgan fingerprint density at radius 3 is 2.52 bits per heavy atom. The zero-order valence-electron chi connectivity index (χ0n) is 16.1. The molecule has 0 aliphatic carbocycles. The van der Waals surface area contributed by atoms with Gasteiger partial charge in [-0.1, -0.05) is 18.2 Å². The lowest BCUT2D eigenvalue weighted by molar-refractivity contribution is 0.101. The van der Waals surface area contributed by atoms with Crippen molar-refractivity contribution >= 4 is 28.1 Å². The van der Waals surface area contributed by atoms with Gasteiger partial charge < -0.3 is 13.9 Å². The van der Waals surface area contributed by atoms with Gasteiger partial charge in [0.1, 0.15) is 17.1 Å². The first-order valence-corrected chi connectivity index (χ1v) is 9.79. The van der Waals surface area contributed by atoms with Gasteiger partial charge in [-0.25, -0.2) is 4.79 Å². The van der Waals surface area contributed by atoms with Crippen LogP contribution in [0.3, 0.4) is 0 Å². The van der Waals surface area contributed by atoms with Crippen LogP contribution in [-0.4, -0.2) is 20.0 Å². The van der Waals surface area contributed by atoms with Crippen molar-refractivity contribution < 1.29 is 18.7 Å². The third-order valence-corrected chi connectivity index (χ3v) is 5.68. The molecule has 0 atom stereocenters. The van der Waals surface area contributed by atoms with Crippen LogP contribution >= 0.6 is 11.3 Å². The summed E-state index contributed by atoms with van der Waals surface area (Å²) in [7, 11) is 3.10. The van der Waals surface area contributed by atoms with Crippen molar-refractivity contribution in [1.82, 2.24) is 0 Å². The number of ether oxygens (including phenoxy) is 2. The smallest absolute Gasteiger partial charge is 0.336 e. The summed E-state index contributed by atoms with van der Waals surface area (Å²) in [5.74, 6) is 1.10. The highest BCUT2D eigenvalue weighted by molar-refractivity contribution is 7.14. The third-order valence-electron chi connectivity index (χ3n) is 4.72. The van der Waals surface area contributed by atoms with E-state index in [0.29, 0.717) is 33.6 Å². The van der Waals surface area contributed by atoms with Gasteiger partial charge in [0.05, 0.1) is 19.6 Å². The minimum absolute atomic E-state index is 0.0197. The molecule has 2 aromatic carbocycles. The van der Waals surface area contributed by atoms with Gasteiger partial charge in [-0.2, -0.15) is 0 Å². The number of hydrogen-bond acceptors (Lipinski definition) is 6. The Morgan fingerprint density at radius 2 is 1.79 bits per heavy atom. The molecule has 0 aliphatic heterocycles. The number of carbonyl (C=O) groups is 1. The molecule has 0 radical (unpaired) electrons. The van der Waals surface area contributed by atoms with Crippen molar-refractivity contribution in [3.63, 3.8) is 0 Å². The number of methoxy groups -OCH3 is 2. The van der Waals surface area contributed by atoms with Gasteiger partial charge in [-0.15, -0.1) is 11.3 Å². The molecule has 0 unspecified atom stereocenters. The van der Waals surface area contributed by atoms with E-state index >= 15 is 0 Å². The molecule has 4 aromatic rings. The van der Waals surface area contributed by atoms with Gasteiger partial charge in [0.15, 0.2) is 5.78 Å². The maximum absolute atomic E-state index is 12.2. The number of thiophene rings is 1. The highest BCUT2D eigenvalue weighted by Gasteiger charge is 2.17. The number of Topliss-reactive ketones (excluding diaryl/α,β-unsaturated/α-hetero) is 1. The van der Waals surface area contributed by atoms with E-state index in [9.17, 15) is 9.59 Å². The average Bonchev–Trinajstić information content (AvgIpc) is 3.22. The summed E-state index contributed by atoms with van der Waals surface area (Å²) in [6, 6.07) is 14.5. The summed E-state index contributed by atoms with van der Waals surface area (Å²) >= 11 is 1.51. The minimum atomic E-state index is -0.464. The molecule has 146 valence electrons. The van der Waals surface area contributed by atoms with Gasteiger partial charge in [0.25, 0.3) is 0 Å². The molecule has 0 bridgehead atoms. The Labute approximate surface area is 171 Å². The maximum Gasteiger partial charge on any atom is 0.336 e. The standard InChI is InChI=1S/C23H18O5S/c1-13(24)17-7-8-29-23(17)15-6-4-5-14(9-15)18-12-21(25)28-20-11-16(26-2)10-19(27-3)22(18)20/h4-12H,1-3H3. The fourth-order valence-corrected chi connectivity index (χ4v) is 4.33. The Morgan fingerprint density at radius 1 is 1.00 bits per heavy atom. The number of rotatable bonds is 5. The van der Waals surface area contributed by atoms with E-state index in [0.717, 1.165) is 16.0 Å². The van der Waals surface area contributed by atoms with Crippen molar-refractivity contribution in [2.75, 3.05) is 14.2 Å². The monoisotopic (exact) mass is 406 g/mol. The van der Waals surface area contributed by atoms with Crippen molar-refractivity contribution in [3.8, 4) is 33.1 Å². The molecular formula is C23H18O5S. The number of carbonyl (C=O) groups excluding carboxylic acids is 1. The molecule has 0 spiro atoms. The summed E-state index contributed by atoms with van der Waals surface area (Å²) in [5, 5.41) is 2.59. The summed E-state index contributed by atoms with van der Waals surface area (Å²) in [4.78, 5) is 25.1. The predicted molar refractivity (Wildman–Crippen MR) is 114 cm³/mol.